The number of nitrogens with zero attached hydrogens (tertiary/aromatic N) is 3. The van der Waals surface area contributed by atoms with Crippen LogP contribution in [0.25, 0.3) is 11.4 Å². The second-order valence-electron chi connectivity index (χ2n) is 6.63. The van der Waals surface area contributed by atoms with Crippen molar-refractivity contribution < 1.29 is 14.1 Å². The quantitative estimate of drug-likeness (QED) is 0.575. The zero-order valence-electron chi connectivity index (χ0n) is 16.9. The average Bonchev–Trinajstić information content (AvgIpc) is 3.23. The molecule has 3 rings (SSSR count). The van der Waals surface area contributed by atoms with Gasteiger partial charge in [-0.3, -0.25) is 9.59 Å². The molecule has 8 heteroatoms. The van der Waals surface area contributed by atoms with Gasteiger partial charge in [-0.05, 0) is 56.3 Å². The molecule has 0 unspecified atom stereocenters. The van der Waals surface area contributed by atoms with Crippen molar-refractivity contribution in [3.8, 4) is 11.4 Å². The molecule has 3 aromatic rings. The fourth-order valence-corrected chi connectivity index (χ4v) is 3.07. The minimum absolute atomic E-state index is 0.0586. The number of carbonyl (C=O) groups is 2. The van der Waals surface area contributed by atoms with Crippen molar-refractivity contribution in [2.45, 2.75) is 26.7 Å². The van der Waals surface area contributed by atoms with E-state index in [-0.39, 0.29) is 18.2 Å². The van der Waals surface area contributed by atoms with E-state index in [0.717, 1.165) is 5.56 Å². The number of aryl methyl sites for hydroxylation is 1. The number of rotatable bonds is 8. The molecule has 1 aromatic heterocycles. The summed E-state index contributed by atoms with van der Waals surface area (Å²) < 4.78 is 5.23. The first-order valence-corrected chi connectivity index (χ1v) is 10.2. The minimum Gasteiger partial charge on any atom is -0.339 e. The third kappa shape index (κ3) is 5.45. The molecule has 156 valence electrons. The molecular weight excluding hydrogens is 404 g/mol. The van der Waals surface area contributed by atoms with E-state index in [1.165, 1.54) is 0 Å². The topological polar surface area (TPSA) is 88.3 Å². The van der Waals surface area contributed by atoms with Gasteiger partial charge in [0.15, 0.2) is 0 Å². The van der Waals surface area contributed by atoms with E-state index in [0.29, 0.717) is 47.5 Å². The lowest BCUT2D eigenvalue weighted by Crippen LogP contribution is -2.30. The van der Waals surface area contributed by atoms with Gasteiger partial charge in [-0.2, -0.15) is 4.98 Å². The minimum atomic E-state index is -0.200. The molecule has 0 radical (unpaired) electrons. The number of nitrogens with one attached hydrogen (secondary N) is 1. The lowest BCUT2D eigenvalue weighted by Gasteiger charge is -2.19. The summed E-state index contributed by atoms with van der Waals surface area (Å²) in [5, 5.41) is 7.38. The first-order chi connectivity index (χ1) is 14.5. The predicted octanol–water partition coefficient (Wildman–Crippen LogP) is 4.44. The van der Waals surface area contributed by atoms with E-state index in [1.807, 2.05) is 13.8 Å². The molecule has 0 bridgehead atoms. The Labute approximate surface area is 180 Å². The number of amides is 2. The highest BCUT2D eigenvalue weighted by Gasteiger charge is 2.14. The first kappa shape index (κ1) is 21.5. The summed E-state index contributed by atoms with van der Waals surface area (Å²) in [4.78, 5) is 30.8. The average molecular weight is 427 g/mol. The van der Waals surface area contributed by atoms with Crippen LogP contribution >= 0.6 is 11.6 Å². The van der Waals surface area contributed by atoms with E-state index >= 15 is 0 Å². The summed E-state index contributed by atoms with van der Waals surface area (Å²) in [6, 6.07) is 14.0. The van der Waals surface area contributed by atoms with Gasteiger partial charge in [0.25, 0.3) is 5.91 Å². The van der Waals surface area contributed by atoms with Crippen molar-refractivity contribution >= 4 is 29.1 Å². The molecule has 0 spiro atoms. The van der Waals surface area contributed by atoms with Gasteiger partial charge in [0.05, 0.1) is 0 Å². The van der Waals surface area contributed by atoms with Crippen LogP contribution in [0.2, 0.25) is 5.02 Å². The monoisotopic (exact) mass is 426 g/mol. The van der Waals surface area contributed by atoms with Crippen LogP contribution in [0.4, 0.5) is 5.69 Å². The van der Waals surface area contributed by atoms with E-state index < -0.39 is 0 Å². The van der Waals surface area contributed by atoms with E-state index in [2.05, 4.69) is 15.5 Å². The van der Waals surface area contributed by atoms with Crippen LogP contribution < -0.4 is 5.32 Å². The lowest BCUT2D eigenvalue weighted by atomic mass is 10.1. The van der Waals surface area contributed by atoms with Crippen LogP contribution in [0.3, 0.4) is 0 Å². The van der Waals surface area contributed by atoms with Crippen LogP contribution in [-0.2, 0) is 11.2 Å². The van der Waals surface area contributed by atoms with Gasteiger partial charge in [0.1, 0.15) is 0 Å². The fraction of sp³-hybridized carbons (Fsp3) is 0.273. The molecule has 0 aliphatic heterocycles. The van der Waals surface area contributed by atoms with Gasteiger partial charge >= 0.3 is 0 Å². The molecule has 0 aliphatic rings. The summed E-state index contributed by atoms with van der Waals surface area (Å²) in [7, 11) is 0. The molecule has 0 aliphatic carbocycles. The van der Waals surface area contributed by atoms with Gasteiger partial charge in [-0.15, -0.1) is 0 Å². The van der Waals surface area contributed by atoms with Crippen LogP contribution in [0.15, 0.2) is 53.1 Å². The Morgan fingerprint density at radius 2 is 1.83 bits per heavy atom. The van der Waals surface area contributed by atoms with Gasteiger partial charge in [0.2, 0.25) is 17.6 Å². The maximum atomic E-state index is 12.5. The largest absolute Gasteiger partial charge is 0.339 e. The highest BCUT2D eigenvalue weighted by molar-refractivity contribution is 6.30. The molecule has 0 atom stereocenters. The molecule has 2 amide bonds. The van der Waals surface area contributed by atoms with Crippen LogP contribution in [0.5, 0.6) is 0 Å². The Balaban J connectivity index is 1.57. The molecule has 0 fully saturated rings. The number of hydrogen-bond donors (Lipinski definition) is 1. The molecule has 1 heterocycles. The highest BCUT2D eigenvalue weighted by atomic mass is 35.5. The molecule has 1 N–H and O–H groups in total. The Morgan fingerprint density at radius 3 is 2.53 bits per heavy atom. The van der Waals surface area contributed by atoms with Crippen molar-refractivity contribution in [2.75, 3.05) is 18.4 Å². The van der Waals surface area contributed by atoms with E-state index in [4.69, 9.17) is 16.1 Å². The zero-order chi connectivity index (χ0) is 21.5. The second-order valence-corrected chi connectivity index (χ2v) is 7.06. The Bertz CT molecular complexity index is 1010. The zero-order valence-corrected chi connectivity index (χ0v) is 17.6. The summed E-state index contributed by atoms with van der Waals surface area (Å²) in [5.74, 6) is 0.565. The van der Waals surface area contributed by atoms with Crippen LogP contribution in [-0.4, -0.2) is 39.9 Å². The highest BCUT2D eigenvalue weighted by Crippen LogP contribution is 2.19. The smallest absolute Gasteiger partial charge is 0.253 e. The van der Waals surface area contributed by atoms with Gasteiger partial charge in [0, 0.05) is 47.8 Å². The van der Waals surface area contributed by atoms with Crippen molar-refractivity contribution in [3.05, 3.63) is 65.0 Å². The number of hydrogen-bond acceptors (Lipinski definition) is 5. The van der Waals surface area contributed by atoms with E-state index in [9.17, 15) is 9.59 Å². The molecular formula is C22H23ClN4O3. The molecule has 0 saturated carbocycles. The normalized spacial score (nSPS) is 10.6. The SMILES string of the molecule is CCN(CC)C(=O)c1cccc(NC(=O)CCc2nc(-c3ccc(Cl)cc3)no2)c1. The maximum absolute atomic E-state index is 12.5. The van der Waals surface area contributed by atoms with Crippen molar-refractivity contribution in [1.29, 1.82) is 0 Å². The third-order valence-electron chi connectivity index (χ3n) is 4.58. The number of carbonyl (C=O) groups excluding carboxylic acids is 2. The summed E-state index contributed by atoms with van der Waals surface area (Å²) in [6.07, 6.45) is 0.487. The second kappa shape index (κ2) is 10.0. The fourth-order valence-electron chi connectivity index (χ4n) is 2.94. The Hall–Kier alpha value is -3.19. The summed E-state index contributed by atoms with van der Waals surface area (Å²) in [5.41, 5.74) is 1.90. The standard InChI is InChI=1S/C22H23ClN4O3/c1-3-27(4-2)22(29)16-6-5-7-18(14-16)24-19(28)12-13-20-25-21(26-30-20)15-8-10-17(23)11-9-15/h5-11,14H,3-4,12-13H2,1-2H3,(H,24,28). The van der Waals surface area contributed by atoms with Gasteiger partial charge in [-0.1, -0.05) is 22.8 Å². The summed E-state index contributed by atoms with van der Waals surface area (Å²) in [6.45, 7) is 5.13. The molecule has 2 aromatic carbocycles. The maximum Gasteiger partial charge on any atom is 0.253 e. The van der Waals surface area contributed by atoms with E-state index in [1.54, 1.807) is 53.4 Å². The van der Waals surface area contributed by atoms with Crippen molar-refractivity contribution in [1.82, 2.24) is 15.0 Å². The Morgan fingerprint density at radius 1 is 1.10 bits per heavy atom. The predicted molar refractivity (Wildman–Crippen MR) is 115 cm³/mol. The first-order valence-electron chi connectivity index (χ1n) is 9.77. The number of halogens is 1. The number of benzene rings is 2. The van der Waals surface area contributed by atoms with Gasteiger partial charge in [-0.25, -0.2) is 0 Å². The van der Waals surface area contributed by atoms with Crippen LogP contribution in [0, 0.1) is 0 Å². The number of anilines is 1. The third-order valence-corrected chi connectivity index (χ3v) is 4.83. The van der Waals surface area contributed by atoms with Gasteiger partial charge < -0.3 is 14.7 Å². The van der Waals surface area contributed by atoms with Crippen molar-refractivity contribution in [2.24, 2.45) is 0 Å². The molecule has 7 nitrogen and oxygen atoms in total. The number of aromatic nitrogens is 2. The van der Waals surface area contributed by atoms with Crippen molar-refractivity contribution in [3.63, 3.8) is 0 Å². The molecule has 0 saturated heterocycles. The van der Waals surface area contributed by atoms with Crippen LogP contribution in [0.1, 0.15) is 36.5 Å². The lowest BCUT2D eigenvalue weighted by molar-refractivity contribution is -0.116. The Kier molecular flexibility index (Phi) is 7.19. The molecule has 30 heavy (non-hydrogen) atoms. The summed E-state index contributed by atoms with van der Waals surface area (Å²) >= 11 is 5.88.